The average molecular weight is 311 g/mol. The molecule has 5 heteroatoms. The third kappa shape index (κ3) is 4.43. The van der Waals surface area contributed by atoms with Gasteiger partial charge in [-0.1, -0.05) is 23.7 Å². The second-order valence-electron chi connectivity index (χ2n) is 5.86. The molecule has 0 aliphatic carbocycles. The molecule has 21 heavy (non-hydrogen) atoms. The van der Waals surface area contributed by atoms with Gasteiger partial charge in [-0.25, -0.2) is 0 Å². The van der Waals surface area contributed by atoms with Gasteiger partial charge in [0, 0.05) is 42.7 Å². The van der Waals surface area contributed by atoms with Crippen LogP contribution in [0.15, 0.2) is 24.3 Å². The van der Waals surface area contributed by atoms with E-state index in [9.17, 15) is 4.79 Å². The minimum Gasteiger partial charge on any atom is -0.381 e. The van der Waals surface area contributed by atoms with Crippen LogP contribution in [0.3, 0.4) is 0 Å². The predicted octanol–water partition coefficient (Wildman–Crippen LogP) is 2.24. The van der Waals surface area contributed by atoms with Gasteiger partial charge >= 0.3 is 0 Å². The Balaban J connectivity index is 2.12. The Labute approximate surface area is 131 Å². The molecule has 0 bridgehead atoms. The van der Waals surface area contributed by atoms with Crippen molar-refractivity contribution >= 4 is 17.5 Å². The van der Waals surface area contributed by atoms with Crippen molar-refractivity contribution in [2.24, 2.45) is 5.73 Å². The zero-order valence-electron chi connectivity index (χ0n) is 12.4. The summed E-state index contributed by atoms with van der Waals surface area (Å²) in [6, 6.07) is 7.77. The van der Waals surface area contributed by atoms with Gasteiger partial charge < -0.3 is 15.8 Å². The van der Waals surface area contributed by atoms with Crippen molar-refractivity contribution in [3.8, 4) is 0 Å². The summed E-state index contributed by atoms with van der Waals surface area (Å²) in [7, 11) is 0. The zero-order chi connectivity index (χ0) is 15.3. The molecule has 0 spiro atoms. The van der Waals surface area contributed by atoms with E-state index in [2.05, 4.69) is 11.4 Å². The summed E-state index contributed by atoms with van der Waals surface area (Å²) in [6.45, 7) is 3.84. The fourth-order valence-electron chi connectivity index (χ4n) is 2.78. The van der Waals surface area contributed by atoms with Gasteiger partial charge in [0.15, 0.2) is 0 Å². The number of nitrogens with two attached hydrogens (primary N) is 1. The molecule has 1 aromatic rings. The molecule has 1 fully saturated rings. The molecule has 0 aromatic heterocycles. The highest BCUT2D eigenvalue weighted by Gasteiger charge is 2.35. The summed E-state index contributed by atoms with van der Waals surface area (Å²) < 4.78 is 5.48. The lowest BCUT2D eigenvalue weighted by atomic mass is 9.74. The Morgan fingerprint density at radius 3 is 2.81 bits per heavy atom. The van der Waals surface area contributed by atoms with Crippen LogP contribution in [0, 0.1) is 0 Å². The first kappa shape index (κ1) is 16.3. The maximum Gasteiger partial charge on any atom is 0.221 e. The fraction of sp³-hybridized carbons (Fsp3) is 0.562. The lowest BCUT2D eigenvalue weighted by Gasteiger charge is -2.38. The lowest BCUT2D eigenvalue weighted by Crippen LogP contribution is -2.45. The van der Waals surface area contributed by atoms with Gasteiger partial charge in [0.05, 0.1) is 0 Å². The maximum absolute atomic E-state index is 11.9. The van der Waals surface area contributed by atoms with Crippen LogP contribution in [0.25, 0.3) is 0 Å². The van der Waals surface area contributed by atoms with Crippen LogP contribution in [-0.2, 0) is 14.9 Å². The molecule has 116 valence electrons. The van der Waals surface area contributed by atoms with E-state index in [4.69, 9.17) is 22.1 Å². The van der Waals surface area contributed by atoms with Gasteiger partial charge in [-0.05, 0) is 37.5 Å². The largest absolute Gasteiger partial charge is 0.381 e. The van der Waals surface area contributed by atoms with Crippen molar-refractivity contribution < 1.29 is 9.53 Å². The quantitative estimate of drug-likeness (QED) is 0.876. The second kappa shape index (κ2) is 7.25. The van der Waals surface area contributed by atoms with Crippen molar-refractivity contribution in [3.63, 3.8) is 0 Å². The highest BCUT2D eigenvalue weighted by atomic mass is 35.5. The van der Waals surface area contributed by atoms with Gasteiger partial charge in [0.1, 0.15) is 0 Å². The highest BCUT2D eigenvalue weighted by molar-refractivity contribution is 6.30. The van der Waals surface area contributed by atoms with Crippen molar-refractivity contribution in [3.05, 3.63) is 34.9 Å². The minimum absolute atomic E-state index is 0.00195. The number of amides is 1. The molecule has 3 N–H and O–H groups in total. The number of hydrogen-bond acceptors (Lipinski definition) is 3. The fourth-order valence-corrected chi connectivity index (χ4v) is 2.97. The third-order valence-corrected chi connectivity index (χ3v) is 4.25. The molecule has 1 atom stereocenters. The Morgan fingerprint density at radius 2 is 2.19 bits per heavy atom. The molecule has 2 rings (SSSR count). The van der Waals surface area contributed by atoms with Crippen molar-refractivity contribution in [1.82, 2.24) is 5.32 Å². The number of nitrogens with one attached hydrogen (secondary N) is 1. The number of ether oxygens (including phenoxy) is 1. The Kier molecular flexibility index (Phi) is 5.62. The molecule has 0 radical (unpaired) electrons. The van der Waals surface area contributed by atoms with Gasteiger partial charge in [-0.3, -0.25) is 4.79 Å². The summed E-state index contributed by atoms with van der Waals surface area (Å²) in [5.41, 5.74) is 6.73. The van der Waals surface area contributed by atoms with Crippen LogP contribution in [0.5, 0.6) is 0 Å². The molecule has 1 aliphatic heterocycles. The van der Waals surface area contributed by atoms with E-state index in [-0.39, 0.29) is 17.4 Å². The number of carbonyl (C=O) groups excluding carboxylic acids is 1. The van der Waals surface area contributed by atoms with Crippen LogP contribution in [0.2, 0.25) is 5.02 Å². The second-order valence-corrected chi connectivity index (χ2v) is 6.30. The van der Waals surface area contributed by atoms with Crippen molar-refractivity contribution in [2.75, 3.05) is 19.8 Å². The Morgan fingerprint density at radius 1 is 1.48 bits per heavy atom. The summed E-state index contributed by atoms with van der Waals surface area (Å²) >= 11 is 6.12. The van der Waals surface area contributed by atoms with Crippen LogP contribution in [0.1, 0.15) is 31.7 Å². The van der Waals surface area contributed by atoms with Crippen LogP contribution in [0.4, 0.5) is 0 Å². The molecule has 0 saturated carbocycles. The van der Waals surface area contributed by atoms with Gasteiger partial charge in [-0.15, -0.1) is 0 Å². The van der Waals surface area contributed by atoms with Crippen molar-refractivity contribution in [1.29, 1.82) is 0 Å². The summed E-state index contributed by atoms with van der Waals surface area (Å²) in [5, 5.41) is 3.75. The number of benzene rings is 1. The van der Waals surface area contributed by atoms with Gasteiger partial charge in [0.2, 0.25) is 5.91 Å². The van der Waals surface area contributed by atoms with E-state index >= 15 is 0 Å². The summed E-state index contributed by atoms with van der Waals surface area (Å²) in [4.78, 5) is 11.9. The standard InChI is InChI=1S/C16H23ClN2O2/c1-12(18)9-15(20)19-11-16(5-7-21-8-6-16)13-3-2-4-14(17)10-13/h2-4,10,12H,5-9,11,18H2,1H3,(H,19,20). The maximum atomic E-state index is 11.9. The number of halogens is 1. The first-order valence-corrected chi connectivity index (χ1v) is 7.76. The lowest BCUT2D eigenvalue weighted by molar-refractivity contribution is -0.121. The molecular formula is C16H23ClN2O2. The first-order chi connectivity index (χ1) is 10.0. The van der Waals surface area contributed by atoms with E-state index in [1.165, 1.54) is 5.56 Å². The van der Waals surface area contributed by atoms with Crippen LogP contribution in [-0.4, -0.2) is 31.7 Å². The minimum atomic E-state index is -0.123. The molecule has 4 nitrogen and oxygen atoms in total. The average Bonchev–Trinajstić information content (AvgIpc) is 2.45. The topological polar surface area (TPSA) is 64.4 Å². The van der Waals surface area contributed by atoms with Crippen molar-refractivity contribution in [2.45, 2.75) is 37.6 Å². The highest BCUT2D eigenvalue weighted by Crippen LogP contribution is 2.35. The number of hydrogen-bond donors (Lipinski definition) is 2. The van der Waals surface area contributed by atoms with E-state index < -0.39 is 0 Å². The summed E-state index contributed by atoms with van der Waals surface area (Å²) in [5.74, 6) is -0.00195. The summed E-state index contributed by atoms with van der Waals surface area (Å²) in [6.07, 6.45) is 2.11. The molecule has 1 amide bonds. The SMILES string of the molecule is CC(N)CC(=O)NCC1(c2cccc(Cl)c2)CCOCC1. The predicted molar refractivity (Wildman–Crippen MR) is 84.5 cm³/mol. The molecule has 1 saturated heterocycles. The van der Waals surface area contributed by atoms with Crippen LogP contribution >= 0.6 is 11.6 Å². The first-order valence-electron chi connectivity index (χ1n) is 7.38. The smallest absolute Gasteiger partial charge is 0.221 e. The molecule has 1 aromatic carbocycles. The molecule has 1 unspecified atom stereocenters. The molecular weight excluding hydrogens is 288 g/mol. The normalized spacial score (nSPS) is 19.0. The zero-order valence-corrected chi connectivity index (χ0v) is 13.2. The van der Waals surface area contributed by atoms with Gasteiger partial charge in [-0.2, -0.15) is 0 Å². The van der Waals surface area contributed by atoms with E-state index in [0.29, 0.717) is 26.2 Å². The van der Waals surface area contributed by atoms with E-state index in [0.717, 1.165) is 17.9 Å². The number of rotatable bonds is 5. The monoisotopic (exact) mass is 310 g/mol. The number of carbonyl (C=O) groups is 1. The molecule has 1 aliphatic rings. The Hall–Kier alpha value is -1.10. The molecule has 1 heterocycles. The Bertz CT molecular complexity index is 485. The van der Waals surface area contributed by atoms with Gasteiger partial charge in [0.25, 0.3) is 0 Å². The van der Waals surface area contributed by atoms with E-state index in [1.807, 2.05) is 25.1 Å². The van der Waals surface area contributed by atoms with E-state index in [1.54, 1.807) is 0 Å². The third-order valence-electron chi connectivity index (χ3n) is 4.02. The van der Waals surface area contributed by atoms with Crippen LogP contribution < -0.4 is 11.1 Å².